The van der Waals surface area contributed by atoms with Crippen LogP contribution in [0.4, 0.5) is 33.3 Å². The Morgan fingerprint density at radius 1 is 1.06 bits per heavy atom. The van der Waals surface area contributed by atoms with E-state index in [1.54, 1.807) is 0 Å². The Hall–Kier alpha value is -3.28. The van der Waals surface area contributed by atoms with E-state index in [1.807, 2.05) is 0 Å². The number of hydrogen-bond donors (Lipinski definition) is 1. The van der Waals surface area contributed by atoms with Crippen LogP contribution >= 0.6 is 0 Å². The number of alkyl halides is 3. The SMILES string of the molecule is CS(=O)(=O)c1ccc(-c2cnn(CCC(F)(F)F)c(=O)c2Nc2ccc(F)cc2F)cc1. The van der Waals surface area contributed by atoms with Crippen LogP contribution in [0.1, 0.15) is 6.42 Å². The molecule has 32 heavy (non-hydrogen) atoms. The van der Waals surface area contributed by atoms with Crippen LogP contribution in [0.15, 0.2) is 58.4 Å². The lowest BCUT2D eigenvalue weighted by molar-refractivity contribution is -0.137. The first kappa shape index (κ1) is 23.4. The molecular weight excluding hydrogens is 457 g/mol. The first-order valence-corrected chi connectivity index (χ1v) is 10.9. The van der Waals surface area contributed by atoms with Crippen molar-refractivity contribution in [2.24, 2.45) is 0 Å². The molecule has 0 aliphatic rings. The third kappa shape index (κ3) is 5.49. The Kier molecular flexibility index (Phi) is 6.35. The highest BCUT2D eigenvalue weighted by Crippen LogP contribution is 2.29. The summed E-state index contributed by atoms with van der Waals surface area (Å²) in [4.78, 5) is 12.9. The largest absolute Gasteiger partial charge is 0.390 e. The van der Waals surface area contributed by atoms with E-state index in [0.717, 1.165) is 24.6 Å². The van der Waals surface area contributed by atoms with Gasteiger partial charge in [0, 0.05) is 17.9 Å². The summed E-state index contributed by atoms with van der Waals surface area (Å²) in [7, 11) is -3.50. The molecular formula is C20H16F5N3O3S. The van der Waals surface area contributed by atoms with Gasteiger partial charge < -0.3 is 5.32 Å². The Morgan fingerprint density at radius 3 is 2.28 bits per heavy atom. The molecule has 0 fully saturated rings. The maximum Gasteiger partial charge on any atom is 0.390 e. The van der Waals surface area contributed by atoms with Crippen molar-refractivity contribution in [3.05, 3.63) is 70.6 Å². The smallest absolute Gasteiger partial charge is 0.348 e. The highest BCUT2D eigenvalue weighted by atomic mass is 32.2. The number of benzene rings is 2. The molecule has 0 radical (unpaired) electrons. The summed E-state index contributed by atoms with van der Waals surface area (Å²) in [5.41, 5.74) is -1.18. The quantitative estimate of drug-likeness (QED) is 0.541. The average Bonchev–Trinajstić information content (AvgIpc) is 2.69. The summed E-state index contributed by atoms with van der Waals surface area (Å²) in [6.07, 6.45) is -3.72. The van der Waals surface area contributed by atoms with Gasteiger partial charge in [-0.3, -0.25) is 4.79 Å². The lowest BCUT2D eigenvalue weighted by Crippen LogP contribution is -2.28. The van der Waals surface area contributed by atoms with Crippen LogP contribution in [0, 0.1) is 11.6 Å². The molecule has 3 aromatic rings. The van der Waals surface area contributed by atoms with Crippen LogP contribution in [0.3, 0.4) is 0 Å². The molecule has 0 aliphatic carbocycles. The fourth-order valence-electron chi connectivity index (χ4n) is 2.83. The van der Waals surface area contributed by atoms with Crippen molar-refractivity contribution in [2.75, 3.05) is 11.6 Å². The maximum absolute atomic E-state index is 14.1. The molecule has 0 spiro atoms. The molecule has 0 atom stereocenters. The highest BCUT2D eigenvalue weighted by molar-refractivity contribution is 7.90. The average molecular weight is 473 g/mol. The minimum absolute atomic E-state index is 0.00631. The van der Waals surface area contributed by atoms with Gasteiger partial charge >= 0.3 is 6.18 Å². The second kappa shape index (κ2) is 8.69. The highest BCUT2D eigenvalue weighted by Gasteiger charge is 2.27. The summed E-state index contributed by atoms with van der Waals surface area (Å²) in [6, 6.07) is 7.85. The van der Waals surface area contributed by atoms with E-state index in [-0.39, 0.29) is 21.8 Å². The number of anilines is 2. The standard InChI is InChI=1S/C20H16F5N3O3S/c1-32(30,31)14-5-2-12(3-6-14)15-11-26-28(9-8-20(23,24)25)19(29)18(15)27-17-7-4-13(21)10-16(17)22/h2-7,10-11,27H,8-9H2,1H3. The summed E-state index contributed by atoms with van der Waals surface area (Å²) in [5.74, 6) is -1.89. The van der Waals surface area contributed by atoms with Gasteiger partial charge in [0.25, 0.3) is 5.56 Å². The van der Waals surface area contributed by atoms with Gasteiger partial charge in [0.05, 0.1) is 29.7 Å². The van der Waals surface area contributed by atoms with E-state index >= 15 is 0 Å². The molecule has 6 nitrogen and oxygen atoms in total. The molecule has 0 unspecified atom stereocenters. The summed E-state index contributed by atoms with van der Waals surface area (Å²) >= 11 is 0. The topological polar surface area (TPSA) is 81.1 Å². The van der Waals surface area contributed by atoms with Gasteiger partial charge in [-0.25, -0.2) is 21.9 Å². The molecule has 0 aliphatic heterocycles. The van der Waals surface area contributed by atoms with Crippen molar-refractivity contribution in [3.63, 3.8) is 0 Å². The van der Waals surface area contributed by atoms with Crippen molar-refractivity contribution >= 4 is 21.2 Å². The zero-order valence-electron chi connectivity index (χ0n) is 16.5. The van der Waals surface area contributed by atoms with Crippen molar-refractivity contribution in [3.8, 4) is 11.1 Å². The van der Waals surface area contributed by atoms with Crippen molar-refractivity contribution in [2.45, 2.75) is 24.0 Å². The molecule has 3 rings (SSSR count). The van der Waals surface area contributed by atoms with E-state index in [4.69, 9.17) is 0 Å². The number of rotatable bonds is 6. The number of aryl methyl sites for hydroxylation is 1. The first-order chi connectivity index (χ1) is 14.8. The van der Waals surface area contributed by atoms with Crippen LogP contribution in [-0.4, -0.2) is 30.6 Å². The Morgan fingerprint density at radius 2 is 1.72 bits per heavy atom. The molecule has 12 heteroatoms. The van der Waals surface area contributed by atoms with Gasteiger partial charge in [0.1, 0.15) is 17.3 Å². The zero-order valence-corrected chi connectivity index (χ0v) is 17.3. The fourth-order valence-corrected chi connectivity index (χ4v) is 3.46. The van der Waals surface area contributed by atoms with Crippen molar-refractivity contribution in [1.29, 1.82) is 0 Å². The monoisotopic (exact) mass is 473 g/mol. The van der Waals surface area contributed by atoms with E-state index in [1.165, 1.54) is 24.3 Å². The third-order valence-electron chi connectivity index (χ3n) is 4.44. The molecule has 0 bridgehead atoms. The second-order valence-corrected chi connectivity index (χ2v) is 8.89. The zero-order chi connectivity index (χ0) is 23.7. The van der Waals surface area contributed by atoms with E-state index in [0.29, 0.717) is 16.3 Å². The predicted octanol–water partition coefficient (Wildman–Crippen LogP) is 4.29. The summed E-state index contributed by atoms with van der Waals surface area (Å²) in [5, 5.41) is 6.26. The molecule has 0 saturated heterocycles. The maximum atomic E-state index is 14.1. The van der Waals surface area contributed by atoms with Gasteiger partial charge in [-0.2, -0.15) is 18.3 Å². The van der Waals surface area contributed by atoms with Crippen LogP contribution < -0.4 is 10.9 Å². The van der Waals surface area contributed by atoms with Crippen LogP contribution in [0.5, 0.6) is 0 Å². The van der Waals surface area contributed by atoms with Crippen LogP contribution in [0.2, 0.25) is 0 Å². The van der Waals surface area contributed by atoms with E-state index < -0.39 is 46.2 Å². The summed E-state index contributed by atoms with van der Waals surface area (Å²) in [6.45, 7) is -0.768. The van der Waals surface area contributed by atoms with Gasteiger partial charge in [-0.1, -0.05) is 12.1 Å². The third-order valence-corrected chi connectivity index (χ3v) is 5.56. The molecule has 170 valence electrons. The van der Waals surface area contributed by atoms with Crippen molar-refractivity contribution < 1.29 is 30.4 Å². The second-order valence-electron chi connectivity index (χ2n) is 6.87. The van der Waals surface area contributed by atoms with Gasteiger partial charge in [-0.05, 0) is 29.8 Å². The first-order valence-electron chi connectivity index (χ1n) is 9.04. The number of nitrogens with zero attached hydrogens (tertiary/aromatic N) is 2. The lowest BCUT2D eigenvalue weighted by atomic mass is 10.1. The van der Waals surface area contributed by atoms with Crippen LogP contribution in [0.25, 0.3) is 11.1 Å². The number of halogens is 5. The molecule has 0 saturated carbocycles. The number of sulfone groups is 1. The Labute approximate surface area is 179 Å². The minimum atomic E-state index is -4.53. The van der Waals surface area contributed by atoms with Crippen LogP contribution in [-0.2, 0) is 16.4 Å². The fraction of sp³-hybridized carbons (Fsp3) is 0.200. The molecule has 1 N–H and O–H groups in total. The van der Waals surface area contributed by atoms with Gasteiger partial charge in [0.2, 0.25) is 0 Å². The number of hydrogen-bond acceptors (Lipinski definition) is 5. The van der Waals surface area contributed by atoms with E-state index in [9.17, 15) is 35.2 Å². The predicted molar refractivity (Wildman–Crippen MR) is 107 cm³/mol. The minimum Gasteiger partial charge on any atom is -0.348 e. The number of nitrogens with one attached hydrogen (secondary N) is 1. The molecule has 1 heterocycles. The molecule has 0 amide bonds. The lowest BCUT2D eigenvalue weighted by Gasteiger charge is -2.15. The molecule has 1 aromatic heterocycles. The van der Waals surface area contributed by atoms with Crippen molar-refractivity contribution in [1.82, 2.24) is 9.78 Å². The Balaban J connectivity index is 2.11. The van der Waals surface area contributed by atoms with Gasteiger partial charge in [0.15, 0.2) is 9.84 Å². The summed E-state index contributed by atoms with van der Waals surface area (Å²) < 4.78 is 89.1. The normalized spacial score (nSPS) is 12.1. The Bertz CT molecular complexity index is 1300. The van der Waals surface area contributed by atoms with Gasteiger partial charge in [-0.15, -0.1) is 0 Å². The van der Waals surface area contributed by atoms with E-state index in [2.05, 4.69) is 10.4 Å². The number of aromatic nitrogens is 2. The molecule has 2 aromatic carbocycles.